The molecule has 0 heterocycles. The Hall–Kier alpha value is -0.640. The van der Waals surface area contributed by atoms with E-state index in [9.17, 15) is 4.39 Å². The summed E-state index contributed by atoms with van der Waals surface area (Å²) in [4.78, 5) is 2.15. The van der Waals surface area contributed by atoms with Gasteiger partial charge in [-0.1, -0.05) is 17.7 Å². The van der Waals surface area contributed by atoms with Gasteiger partial charge in [0.15, 0.2) is 0 Å². The number of rotatable bonds is 5. The highest BCUT2D eigenvalue weighted by Crippen LogP contribution is 2.16. The fraction of sp³-hybridized carbons (Fsp3) is 0.500. The molecule has 0 radical (unpaired) electrons. The van der Waals surface area contributed by atoms with E-state index < -0.39 is 0 Å². The summed E-state index contributed by atoms with van der Waals surface area (Å²) < 4.78 is 12.9. The molecule has 0 fully saturated rings. The SMILES string of the molecule is CC(N)CN(C)CCc1ccc(F)c(Cl)c1. The fourth-order valence-corrected chi connectivity index (χ4v) is 1.80. The fourth-order valence-electron chi connectivity index (χ4n) is 1.60. The summed E-state index contributed by atoms with van der Waals surface area (Å²) >= 11 is 5.70. The van der Waals surface area contributed by atoms with Crippen LogP contribution in [0.2, 0.25) is 5.02 Å². The van der Waals surface area contributed by atoms with Crippen molar-refractivity contribution in [3.05, 3.63) is 34.6 Å². The van der Waals surface area contributed by atoms with Gasteiger partial charge in [-0.15, -0.1) is 0 Å². The molecule has 0 bridgehead atoms. The first kappa shape index (κ1) is 13.4. The smallest absolute Gasteiger partial charge is 0.141 e. The number of nitrogens with two attached hydrogens (primary N) is 1. The maximum absolute atomic E-state index is 12.9. The van der Waals surface area contributed by atoms with Crippen molar-refractivity contribution in [3.8, 4) is 0 Å². The van der Waals surface area contributed by atoms with Gasteiger partial charge in [-0.25, -0.2) is 4.39 Å². The number of nitrogens with zero attached hydrogens (tertiary/aromatic N) is 1. The minimum absolute atomic E-state index is 0.168. The van der Waals surface area contributed by atoms with Crippen molar-refractivity contribution in [3.63, 3.8) is 0 Å². The van der Waals surface area contributed by atoms with Crippen LogP contribution in [0.5, 0.6) is 0 Å². The molecule has 0 amide bonds. The van der Waals surface area contributed by atoms with Gasteiger partial charge in [0, 0.05) is 19.1 Å². The van der Waals surface area contributed by atoms with Gasteiger partial charge in [-0.05, 0) is 38.1 Å². The molecule has 1 aromatic rings. The van der Waals surface area contributed by atoms with Crippen LogP contribution >= 0.6 is 11.6 Å². The van der Waals surface area contributed by atoms with E-state index in [1.165, 1.54) is 6.07 Å². The van der Waals surface area contributed by atoms with Crippen LogP contribution in [0, 0.1) is 5.82 Å². The summed E-state index contributed by atoms with van der Waals surface area (Å²) in [6.45, 7) is 3.73. The second kappa shape index (κ2) is 6.18. The predicted molar refractivity (Wildman–Crippen MR) is 66.3 cm³/mol. The quantitative estimate of drug-likeness (QED) is 0.861. The first-order chi connectivity index (χ1) is 7.49. The minimum Gasteiger partial charge on any atom is -0.327 e. The summed E-state index contributed by atoms with van der Waals surface area (Å²) in [6.07, 6.45) is 0.850. The van der Waals surface area contributed by atoms with Gasteiger partial charge in [0.1, 0.15) is 5.82 Å². The molecule has 1 rings (SSSR count). The maximum Gasteiger partial charge on any atom is 0.141 e. The lowest BCUT2D eigenvalue weighted by Crippen LogP contribution is -2.34. The molecule has 0 saturated carbocycles. The number of benzene rings is 1. The van der Waals surface area contributed by atoms with Crippen molar-refractivity contribution in [2.24, 2.45) is 5.73 Å². The summed E-state index contributed by atoms with van der Waals surface area (Å²) in [5.74, 6) is -0.366. The largest absolute Gasteiger partial charge is 0.327 e. The Morgan fingerprint density at radius 2 is 2.19 bits per heavy atom. The predicted octanol–water partition coefficient (Wildman–Crippen LogP) is 2.30. The Kier molecular flexibility index (Phi) is 5.19. The highest BCUT2D eigenvalue weighted by molar-refractivity contribution is 6.30. The molecule has 4 heteroatoms. The average molecular weight is 245 g/mol. The van der Waals surface area contributed by atoms with Crippen LogP contribution in [-0.4, -0.2) is 31.1 Å². The minimum atomic E-state index is -0.366. The zero-order valence-corrected chi connectivity index (χ0v) is 10.5. The highest BCUT2D eigenvalue weighted by Gasteiger charge is 2.04. The zero-order valence-electron chi connectivity index (χ0n) is 9.71. The van der Waals surface area contributed by atoms with Crippen LogP contribution in [0.15, 0.2) is 18.2 Å². The zero-order chi connectivity index (χ0) is 12.1. The Morgan fingerprint density at radius 3 is 2.75 bits per heavy atom. The van der Waals surface area contributed by atoms with Crippen LogP contribution < -0.4 is 5.73 Å². The van der Waals surface area contributed by atoms with Crippen LogP contribution in [0.25, 0.3) is 0 Å². The van der Waals surface area contributed by atoms with Gasteiger partial charge in [-0.2, -0.15) is 0 Å². The Labute approximate surface area is 101 Å². The van der Waals surface area contributed by atoms with E-state index in [0.29, 0.717) is 0 Å². The second-order valence-electron chi connectivity index (χ2n) is 4.24. The molecular formula is C12H18ClFN2. The third kappa shape index (κ3) is 4.47. The lowest BCUT2D eigenvalue weighted by molar-refractivity contribution is 0.321. The van der Waals surface area contributed by atoms with Crippen molar-refractivity contribution < 1.29 is 4.39 Å². The van der Waals surface area contributed by atoms with Gasteiger partial charge in [0.05, 0.1) is 5.02 Å². The molecule has 0 aliphatic rings. The van der Waals surface area contributed by atoms with E-state index >= 15 is 0 Å². The van der Waals surface area contributed by atoms with E-state index in [-0.39, 0.29) is 16.9 Å². The Balaban J connectivity index is 2.45. The molecule has 0 spiro atoms. The van der Waals surface area contributed by atoms with E-state index in [1.807, 2.05) is 14.0 Å². The van der Waals surface area contributed by atoms with Crippen molar-refractivity contribution in [2.45, 2.75) is 19.4 Å². The van der Waals surface area contributed by atoms with E-state index in [1.54, 1.807) is 12.1 Å². The normalized spacial score (nSPS) is 13.1. The van der Waals surface area contributed by atoms with Crippen LogP contribution in [0.3, 0.4) is 0 Å². The lowest BCUT2D eigenvalue weighted by Gasteiger charge is -2.18. The van der Waals surface area contributed by atoms with E-state index in [2.05, 4.69) is 4.90 Å². The maximum atomic E-state index is 12.9. The van der Waals surface area contributed by atoms with Crippen LogP contribution in [-0.2, 0) is 6.42 Å². The van der Waals surface area contributed by atoms with Gasteiger partial charge in [-0.3, -0.25) is 0 Å². The molecule has 2 N–H and O–H groups in total. The topological polar surface area (TPSA) is 29.3 Å². The summed E-state index contributed by atoms with van der Waals surface area (Å²) in [7, 11) is 2.02. The first-order valence-corrected chi connectivity index (χ1v) is 5.75. The lowest BCUT2D eigenvalue weighted by atomic mass is 10.1. The number of likely N-dealkylation sites (N-methyl/N-ethyl adjacent to an activating group) is 1. The standard InChI is InChI=1S/C12H18ClFN2/c1-9(15)8-16(2)6-5-10-3-4-12(14)11(13)7-10/h3-4,7,9H,5-6,8,15H2,1-2H3. The molecule has 0 aliphatic heterocycles. The van der Waals surface area contributed by atoms with Crippen molar-refractivity contribution >= 4 is 11.6 Å². The van der Waals surface area contributed by atoms with Gasteiger partial charge < -0.3 is 10.6 Å². The summed E-state index contributed by atoms with van der Waals surface area (Å²) in [6, 6.07) is 5.02. The Morgan fingerprint density at radius 1 is 1.50 bits per heavy atom. The number of hydrogen-bond acceptors (Lipinski definition) is 2. The second-order valence-corrected chi connectivity index (χ2v) is 4.65. The van der Waals surface area contributed by atoms with Gasteiger partial charge in [0.25, 0.3) is 0 Å². The first-order valence-electron chi connectivity index (χ1n) is 5.37. The molecule has 0 saturated heterocycles. The van der Waals surface area contributed by atoms with Crippen LogP contribution in [0.4, 0.5) is 4.39 Å². The highest BCUT2D eigenvalue weighted by atomic mass is 35.5. The van der Waals surface area contributed by atoms with Crippen molar-refractivity contribution in [2.75, 3.05) is 20.1 Å². The molecule has 16 heavy (non-hydrogen) atoms. The van der Waals surface area contributed by atoms with Crippen LogP contribution in [0.1, 0.15) is 12.5 Å². The number of hydrogen-bond donors (Lipinski definition) is 1. The third-order valence-electron chi connectivity index (χ3n) is 2.37. The molecule has 1 unspecified atom stereocenters. The molecule has 2 nitrogen and oxygen atoms in total. The third-order valence-corrected chi connectivity index (χ3v) is 2.66. The van der Waals surface area contributed by atoms with E-state index in [4.69, 9.17) is 17.3 Å². The van der Waals surface area contributed by atoms with Gasteiger partial charge in [0.2, 0.25) is 0 Å². The van der Waals surface area contributed by atoms with Gasteiger partial charge >= 0.3 is 0 Å². The molecule has 90 valence electrons. The molecular weight excluding hydrogens is 227 g/mol. The molecule has 0 aliphatic carbocycles. The average Bonchev–Trinajstić information content (AvgIpc) is 2.19. The van der Waals surface area contributed by atoms with E-state index in [0.717, 1.165) is 25.1 Å². The summed E-state index contributed by atoms with van der Waals surface area (Å²) in [5, 5.41) is 0.187. The summed E-state index contributed by atoms with van der Waals surface area (Å²) in [5.41, 5.74) is 6.74. The number of halogens is 2. The molecule has 0 aromatic heterocycles. The molecule has 1 aromatic carbocycles. The van der Waals surface area contributed by atoms with Crippen molar-refractivity contribution in [1.29, 1.82) is 0 Å². The Bertz CT molecular complexity index is 342. The monoisotopic (exact) mass is 244 g/mol. The molecule has 1 atom stereocenters. The van der Waals surface area contributed by atoms with Crippen molar-refractivity contribution in [1.82, 2.24) is 4.90 Å².